The van der Waals surface area contributed by atoms with Gasteiger partial charge in [-0.3, -0.25) is 0 Å². The van der Waals surface area contributed by atoms with Crippen LogP contribution in [0.3, 0.4) is 0 Å². The fraction of sp³-hybridized carbons (Fsp3) is 0.333. The van der Waals surface area contributed by atoms with Crippen LogP contribution in [0.15, 0.2) is 18.2 Å². The Hall–Kier alpha value is -1.29. The Morgan fingerprint density at radius 3 is 2.77 bits per heavy atom. The van der Waals surface area contributed by atoms with Crippen LogP contribution < -0.4 is 15.2 Å². The van der Waals surface area contributed by atoms with Crippen molar-refractivity contribution in [2.75, 3.05) is 20.3 Å². The minimum absolute atomic E-state index is 0.208. The Bertz CT molecular complexity index is 278. The fourth-order valence-electron chi connectivity index (χ4n) is 0.914. The Morgan fingerprint density at radius 1 is 1.46 bits per heavy atom. The van der Waals surface area contributed by atoms with Gasteiger partial charge in [0.05, 0.1) is 7.11 Å². The predicted octanol–water partition coefficient (Wildman–Crippen LogP) is 1.17. The van der Waals surface area contributed by atoms with Crippen molar-refractivity contribution in [2.24, 2.45) is 5.73 Å². The monoisotopic (exact) mass is 185 g/mol. The molecule has 0 spiro atoms. The Balaban J connectivity index is 2.71. The molecule has 3 nitrogen and oxygen atoms in total. The molecule has 0 radical (unpaired) electrons. The zero-order valence-corrected chi connectivity index (χ0v) is 7.42. The van der Waals surface area contributed by atoms with Gasteiger partial charge in [0.1, 0.15) is 12.4 Å². The van der Waals surface area contributed by atoms with E-state index in [9.17, 15) is 4.39 Å². The van der Waals surface area contributed by atoms with Crippen molar-refractivity contribution in [3.05, 3.63) is 24.0 Å². The fourth-order valence-corrected chi connectivity index (χ4v) is 0.914. The van der Waals surface area contributed by atoms with E-state index in [2.05, 4.69) is 0 Å². The van der Waals surface area contributed by atoms with Crippen molar-refractivity contribution in [2.45, 2.75) is 0 Å². The van der Waals surface area contributed by atoms with Crippen molar-refractivity contribution < 1.29 is 13.9 Å². The molecule has 0 aliphatic heterocycles. The predicted molar refractivity (Wildman–Crippen MR) is 47.5 cm³/mol. The summed E-state index contributed by atoms with van der Waals surface area (Å²) in [6.07, 6.45) is 0. The second-order valence-electron chi connectivity index (χ2n) is 2.43. The number of methoxy groups -OCH3 is 1. The molecular formula is C9H12FNO2. The first-order valence-electron chi connectivity index (χ1n) is 3.94. The zero-order valence-electron chi connectivity index (χ0n) is 7.42. The molecule has 0 aliphatic carbocycles. The van der Waals surface area contributed by atoms with Crippen molar-refractivity contribution in [3.63, 3.8) is 0 Å². The van der Waals surface area contributed by atoms with Crippen LogP contribution in [0.1, 0.15) is 0 Å². The lowest BCUT2D eigenvalue weighted by molar-refractivity contribution is 0.323. The maximum absolute atomic E-state index is 13.0. The lowest BCUT2D eigenvalue weighted by atomic mass is 10.3. The number of ether oxygens (including phenoxy) is 2. The number of hydrogen-bond acceptors (Lipinski definition) is 3. The van der Waals surface area contributed by atoms with Gasteiger partial charge in [0.2, 0.25) is 0 Å². The first kappa shape index (κ1) is 9.80. The number of rotatable bonds is 4. The van der Waals surface area contributed by atoms with Gasteiger partial charge in [0.15, 0.2) is 11.6 Å². The molecule has 0 saturated carbocycles. The normalized spacial score (nSPS) is 9.77. The molecule has 4 heteroatoms. The summed E-state index contributed by atoms with van der Waals surface area (Å²) in [5.74, 6) is 0.237. The Morgan fingerprint density at radius 2 is 2.23 bits per heavy atom. The quantitative estimate of drug-likeness (QED) is 0.765. The van der Waals surface area contributed by atoms with Gasteiger partial charge in [-0.2, -0.15) is 0 Å². The summed E-state index contributed by atoms with van der Waals surface area (Å²) in [5, 5.41) is 0. The van der Waals surface area contributed by atoms with E-state index in [0.29, 0.717) is 18.9 Å². The second kappa shape index (κ2) is 4.67. The lowest BCUT2D eigenvalue weighted by Crippen LogP contribution is -2.10. The molecule has 1 aromatic carbocycles. The molecule has 1 rings (SSSR count). The lowest BCUT2D eigenvalue weighted by Gasteiger charge is -2.06. The minimum Gasteiger partial charge on any atom is -0.494 e. The van der Waals surface area contributed by atoms with Crippen LogP contribution in [-0.4, -0.2) is 20.3 Å². The van der Waals surface area contributed by atoms with E-state index >= 15 is 0 Å². The molecule has 2 N–H and O–H groups in total. The first-order valence-corrected chi connectivity index (χ1v) is 3.94. The summed E-state index contributed by atoms with van der Waals surface area (Å²) in [6, 6.07) is 4.42. The van der Waals surface area contributed by atoms with E-state index in [1.807, 2.05) is 0 Å². The van der Waals surface area contributed by atoms with Gasteiger partial charge < -0.3 is 15.2 Å². The topological polar surface area (TPSA) is 44.5 Å². The van der Waals surface area contributed by atoms with Crippen LogP contribution in [0.25, 0.3) is 0 Å². The molecule has 0 aromatic heterocycles. The molecule has 0 fully saturated rings. The van der Waals surface area contributed by atoms with E-state index in [1.165, 1.54) is 19.2 Å². The highest BCUT2D eigenvalue weighted by Gasteiger charge is 2.03. The Labute approximate surface area is 76.3 Å². The van der Waals surface area contributed by atoms with Crippen molar-refractivity contribution >= 4 is 0 Å². The molecule has 0 saturated heterocycles. The second-order valence-corrected chi connectivity index (χ2v) is 2.43. The van der Waals surface area contributed by atoms with Crippen LogP contribution in [0, 0.1) is 5.82 Å². The molecular weight excluding hydrogens is 173 g/mol. The highest BCUT2D eigenvalue weighted by Crippen LogP contribution is 2.21. The Kier molecular flexibility index (Phi) is 3.52. The standard InChI is InChI=1S/C9H12FNO2/c1-12-9-3-2-7(6-8(9)10)13-5-4-11/h2-3,6H,4-5,11H2,1H3. The van der Waals surface area contributed by atoms with Gasteiger partial charge in [-0.25, -0.2) is 4.39 Å². The summed E-state index contributed by atoms with van der Waals surface area (Å²) in [7, 11) is 1.42. The number of hydrogen-bond donors (Lipinski definition) is 1. The summed E-state index contributed by atoms with van der Waals surface area (Å²) in [4.78, 5) is 0. The maximum atomic E-state index is 13.0. The molecule has 0 bridgehead atoms. The molecule has 0 amide bonds. The first-order chi connectivity index (χ1) is 6.27. The van der Waals surface area contributed by atoms with Gasteiger partial charge in [-0.15, -0.1) is 0 Å². The van der Waals surface area contributed by atoms with E-state index in [-0.39, 0.29) is 5.75 Å². The summed E-state index contributed by atoms with van der Waals surface area (Å²) in [5.41, 5.74) is 5.23. The van der Waals surface area contributed by atoms with Crippen molar-refractivity contribution in [3.8, 4) is 11.5 Å². The van der Waals surface area contributed by atoms with Crippen LogP contribution in [0.4, 0.5) is 4.39 Å². The highest BCUT2D eigenvalue weighted by atomic mass is 19.1. The summed E-state index contributed by atoms with van der Waals surface area (Å²) >= 11 is 0. The van der Waals surface area contributed by atoms with Crippen LogP contribution in [0.5, 0.6) is 11.5 Å². The van der Waals surface area contributed by atoms with E-state index in [4.69, 9.17) is 15.2 Å². The van der Waals surface area contributed by atoms with Gasteiger partial charge in [-0.1, -0.05) is 0 Å². The summed E-state index contributed by atoms with van der Waals surface area (Å²) in [6.45, 7) is 0.791. The highest BCUT2D eigenvalue weighted by molar-refractivity contribution is 5.32. The van der Waals surface area contributed by atoms with Crippen LogP contribution in [0.2, 0.25) is 0 Å². The van der Waals surface area contributed by atoms with Gasteiger partial charge in [0, 0.05) is 12.6 Å². The van der Waals surface area contributed by atoms with E-state index < -0.39 is 5.82 Å². The molecule has 13 heavy (non-hydrogen) atoms. The zero-order chi connectivity index (χ0) is 9.68. The molecule has 72 valence electrons. The third kappa shape index (κ3) is 2.59. The third-order valence-corrected chi connectivity index (χ3v) is 1.51. The molecule has 0 unspecified atom stereocenters. The van der Waals surface area contributed by atoms with Gasteiger partial charge >= 0.3 is 0 Å². The van der Waals surface area contributed by atoms with Gasteiger partial charge in [-0.05, 0) is 12.1 Å². The van der Waals surface area contributed by atoms with E-state index in [1.54, 1.807) is 6.07 Å². The average molecular weight is 185 g/mol. The van der Waals surface area contributed by atoms with Crippen LogP contribution >= 0.6 is 0 Å². The smallest absolute Gasteiger partial charge is 0.168 e. The summed E-state index contributed by atoms with van der Waals surface area (Å²) < 4.78 is 22.9. The maximum Gasteiger partial charge on any atom is 0.168 e. The molecule has 0 heterocycles. The number of benzene rings is 1. The third-order valence-electron chi connectivity index (χ3n) is 1.51. The molecule has 0 atom stereocenters. The van der Waals surface area contributed by atoms with Crippen LogP contribution in [-0.2, 0) is 0 Å². The van der Waals surface area contributed by atoms with Gasteiger partial charge in [0.25, 0.3) is 0 Å². The van der Waals surface area contributed by atoms with Crippen molar-refractivity contribution in [1.29, 1.82) is 0 Å². The molecule has 1 aromatic rings. The SMILES string of the molecule is COc1ccc(OCCN)cc1F. The number of halogens is 1. The minimum atomic E-state index is -0.433. The average Bonchev–Trinajstić information content (AvgIpc) is 2.15. The largest absolute Gasteiger partial charge is 0.494 e. The van der Waals surface area contributed by atoms with Crippen molar-refractivity contribution in [1.82, 2.24) is 0 Å². The molecule has 0 aliphatic rings. The number of nitrogens with two attached hydrogens (primary N) is 1. The van der Waals surface area contributed by atoms with E-state index in [0.717, 1.165) is 0 Å².